The number of benzene rings is 1. The number of aliphatic hydroxyl groups excluding tert-OH is 1. The molecule has 7 heteroatoms. The lowest BCUT2D eigenvalue weighted by Crippen LogP contribution is -2.37. The first-order chi connectivity index (χ1) is 8.40. The van der Waals surface area contributed by atoms with Crippen LogP contribution < -0.4 is 0 Å². The molecule has 1 rings (SSSR count). The third-order valence-electron chi connectivity index (χ3n) is 2.65. The molecule has 0 spiro atoms. The van der Waals surface area contributed by atoms with Crippen LogP contribution in [0.15, 0.2) is 22.7 Å². The van der Waals surface area contributed by atoms with Gasteiger partial charge in [-0.3, -0.25) is 14.9 Å². The third-order valence-corrected chi connectivity index (χ3v) is 3.48. The van der Waals surface area contributed by atoms with Crippen LogP contribution in [-0.4, -0.2) is 40.5 Å². The fraction of sp³-hybridized carbons (Fsp3) is 0.364. The Bertz CT molecular complexity index is 478. The zero-order valence-electron chi connectivity index (χ0n) is 9.96. The van der Waals surface area contributed by atoms with E-state index in [-0.39, 0.29) is 34.3 Å². The topological polar surface area (TPSA) is 83.7 Å². The van der Waals surface area contributed by atoms with Crippen molar-refractivity contribution in [2.45, 2.75) is 13.0 Å². The van der Waals surface area contributed by atoms with Gasteiger partial charge in [0.25, 0.3) is 11.6 Å². The molecule has 18 heavy (non-hydrogen) atoms. The molecule has 0 bridgehead atoms. The van der Waals surface area contributed by atoms with Crippen LogP contribution in [0, 0.1) is 10.1 Å². The van der Waals surface area contributed by atoms with Crippen LogP contribution in [0.5, 0.6) is 0 Å². The summed E-state index contributed by atoms with van der Waals surface area (Å²) in [6, 6.07) is 3.91. The molecule has 1 aromatic rings. The molecule has 0 saturated heterocycles. The molecule has 0 fully saturated rings. The number of carbonyl (C=O) groups excluding carboxylic acids is 1. The van der Waals surface area contributed by atoms with E-state index in [1.54, 1.807) is 6.92 Å². The summed E-state index contributed by atoms with van der Waals surface area (Å²) in [6.45, 7) is 1.51. The average Bonchev–Trinajstić information content (AvgIpc) is 2.36. The zero-order chi connectivity index (χ0) is 13.9. The van der Waals surface area contributed by atoms with Crippen molar-refractivity contribution in [3.8, 4) is 0 Å². The van der Waals surface area contributed by atoms with Gasteiger partial charge in [0.15, 0.2) is 0 Å². The largest absolute Gasteiger partial charge is 0.394 e. The fourth-order valence-corrected chi connectivity index (χ4v) is 1.92. The summed E-state index contributed by atoms with van der Waals surface area (Å²) in [5.74, 6) is -0.382. The van der Waals surface area contributed by atoms with E-state index < -0.39 is 4.92 Å². The predicted molar refractivity (Wildman–Crippen MR) is 69.4 cm³/mol. The zero-order valence-corrected chi connectivity index (χ0v) is 11.5. The minimum atomic E-state index is -0.559. The molecule has 6 nitrogen and oxygen atoms in total. The van der Waals surface area contributed by atoms with Gasteiger partial charge in [-0.2, -0.15) is 0 Å². The Kier molecular flexibility index (Phi) is 4.80. The van der Waals surface area contributed by atoms with Crippen molar-refractivity contribution >= 4 is 27.5 Å². The molecule has 0 saturated carbocycles. The number of hydrogen-bond donors (Lipinski definition) is 1. The Morgan fingerprint density at radius 3 is 2.72 bits per heavy atom. The molecule has 1 unspecified atom stereocenters. The van der Waals surface area contributed by atoms with E-state index in [0.29, 0.717) is 0 Å². The maximum atomic E-state index is 12.1. The van der Waals surface area contributed by atoms with Gasteiger partial charge in [-0.25, -0.2) is 0 Å². The number of halogens is 1. The molecule has 1 amide bonds. The van der Waals surface area contributed by atoms with Crippen molar-refractivity contribution in [1.82, 2.24) is 4.90 Å². The number of likely N-dealkylation sites (N-methyl/N-ethyl adjacent to an activating group) is 1. The summed E-state index contributed by atoms with van der Waals surface area (Å²) in [4.78, 5) is 23.6. The van der Waals surface area contributed by atoms with Crippen LogP contribution in [0.1, 0.15) is 17.3 Å². The Morgan fingerprint density at radius 2 is 2.22 bits per heavy atom. The number of nitrogens with zero attached hydrogens (tertiary/aromatic N) is 2. The molecule has 0 radical (unpaired) electrons. The van der Waals surface area contributed by atoms with E-state index in [2.05, 4.69) is 15.9 Å². The highest BCUT2D eigenvalue weighted by Gasteiger charge is 2.23. The number of hydrogen-bond acceptors (Lipinski definition) is 4. The van der Waals surface area contributed by atoms with Crippen molar-refractivity contribution < 1.29 is 14.8 Å². The van der Waals surface area contributed by atoms with Gasteiger partial charge in [0.2, 0.25) is 0 Å². The maximum absolute atomic E-state index is 12.1. The molecule has 0 heterocycles. The van der Waals surface area contributed by atoms with Gasteiger partial charge in [-0.15, -0.1) is 0 Å². The Morgan fingerprint density at radius 1 is 1.61 bits per heavy atom. The molecule has 0 aromatic heterocycles. The van der Waals surface area contributed by atoms with Gasteiger partial charge in [0, 0.05) is 13.1 Å². The third kappa shape index (κ3) is 2.85. The predicted octanol–water partition coefficient (Wildman–Crippen LogP) is 1.81. The number of aliphatic hydroxyl groups is 1. The lowest BCUT2D eigenvalue weighted by Gasteiger charge is -2.23. The van der Waals surface area contributed by atoms with Gasteiger partial charge in [-0.05, 0) is 28.9 Å². The number of nitro groups is 1. The fourth-order valence-electron chi connectivity index (χ4n) is 1.34. The van der Waals surface area contributed by atoms with E-state index in [1.165, 1.54) is 30.1 Å². The van der Waals surface area contributed by atoms with Gasteiger partial charge >= 0.3 is 0 Å². The van der Waals surface area contributed by atoms with E-state index in [0.717, 1.165) is 0 Å². The van der Waals surface area contributed by atoms with Crippen LogP contribution in [0.25, 0.3) is 0 Å². The Hall–Kier alpha value is -1.47. The van der Waals surface area contributed by atoms with Gasteiger partial charge in [0.05, 0.1) is 23.1 Å². The second kappa shape index (κ2) is 5.92. The van der Waals surface area contributed by atoms with Crippen molar-refractivity contribution in [3.05, 3.63) is 38.3 Å². The highest BCUT2D eigenvalue weighted by atomic mass is 79.9. The van der Waals surface area contributed by atoms with Crippen LogP contribution in [0.4, 0.5) is 5.69 Å². The van der Waals surface area contributed by atoms with E-state index >= 15 is 0 Å². The molecule has 98 valence electrons. The Labute approximate surface area is 112 Å². The van der Waals surface area contributed by atoms with Crippen LogP contribution in [-0.2, 0) is 0 Å². The first kappa shape index (κ1) is 14.6. The van der Waals surface area contributed by atoms with Crippen molar-refractivity contribution in [2.24, 2.45) is 0 Å². The monoisotopic (exact) mass is 316 g/mol. The number of amides is 1. The molecule has 1 aromatic carbocycles. The van der Waals surface area contributed by atoms with Gasteiger partial charge < -0.3 is 10.0 Å². The number of rotatable bonds is 4. The first-order valence-corrected chi connectivity index (χ1v) is 6.00. The summed E-state index contributed by atoms with van der Waals surface area (Å²) < 4.78 is 0.150. The van der Waals surface area contributed by atoms with Crippen molar-refractivity contribution in [2.75, 3.05) is 13.7 Å². The second-order valence-electron chi connectivity index (χ2n) is 3.84. The number of carbonyl (C=O) groups is 1. The standard InChI is InChI=1S/C11H13BrN2O4/c1-7(6-15)13(2)11(16)8-4-3-5-9(10(8)12)14(17)18/h3-5,7,15H,6H2,1-2H3. The maximum Gasteiger partial charge on any atom is 0.284 e. The molecular weight excluding hydrogens is 304 g/mol. The average molecular weight is 317 g/mol. The molecule has 0 aliphatic heterocycles. The summed E-state index contributed by atoms with van der Waals surface area (Å²) >= 11 is 3.07. The van der Waals surface area contributed by atoms with Crippen LogP contribution >= 0.6 is 15.9 Å². The lowest BCUT2D eigenvalue weighted by atomic mass is 10.1. The van der Waals surface area contributed by atoms with E-state index in [9.17, 15) is 14.9 Å². The van der Waals surface area contributed by atoms with E-state index in [1.807, 2.05) is 0 Å². The van der Waals surface area contributed by atoms with Gasteiger partial charge in [-0.1, -0.05) is 6.07 Å². The molecule has 1 N–H and O–H groups in total. The summed E-state index contributed by atoms with van der Waals surface area (Å²) in [5.41, 5.74) is 0.0397. The first-order valence-electron chi connectivity index (χ1n) is 5.21. The minimum absolute atomic E-state index is 0.150. The summed E-state index contributed by atoms with van der Waals surface area (Å²) in [7, 11) is 1.54. The minimum Gasteiger partial charge on any atom is -0.394 e. The smallest absolute Gasteiger partial charge is 0.284 e. The highest BCUT2D eigenvalue weighted by molar-refractivity contribution is 9.10. The van der Waals surface area contributed by atoms with Gasteiger partial charge in [0.1, 0.15) is 4.47 Å². The van der Waals surface area contributed by atoms with Crippen LogP contribution in [0.2, 0.25) is 0 Å². The normalized spacial score (nSPS) is 12.0. The van der Waals surface area contributed by atoms with Crippen LogP contribution in [0.3, 0.4) is 0 Å². The summed E-state index contributed by atoms with van der Waals surface area (Å²) in [5, 5.41) is 19.8. The second-order valence-corrected chi connectivity index (χ2v) is 4.64. The summed E-state index contributed by atoms with van der Waals surface area (Å²) in [6.07, 6.45) is 0. The quantitative estimate of drug-likeness (QED) is 0.678. The lowest BCUT2D eigenvalue weighted by molar-refractivity contribution is -0.385. The Balaban J connectivity index is 3.14. The molecular formula is C11H13BrN2O4. The van der Waals surface area contributed by atoms with Crippen molar-refractivity contribution in [3.63, 3.8) is 0 Å². The molecule has 0 aliphatic carbocycles. The van der Waals surface area contributed by atoms with Crippen molar-refractivity contribution in [1.29, 1.82) is 0 Å². The van der Waals surface area contributed by atoms with E-state index in [4.69, 9.17) is 5.11 Å². The molecule has 0 aliphatic rings. The SMILES string of the molecule is CC(CO)N(C)C(=O)c1cccc([N+](=O)[O-])c1Br. The molecule has 1 atom stereocenters. The number of nitro benzene ring substituents is 1. The highest BCUT2D eigenvalue weighted by Crippen LogP contribution is 2.29.